The molecule has 1 rings (SSSR count). The molecule has 16 heavy (non-hydrogen) atoms. The van der Waals surface area contributed by atoms with Gasteiger partial charge < -0.3 is 14.8 Å². The summed E-state index contributed by atoms with van der Waals surface area (Å²) in [5, 5.41) is 3.12. The molecule has 0 amide bonds. The first-order valence-corrected chi connectivity index (χ1v) is 5.72. The highest BCUT2D eigenvalue weighted by molar-refractivity contribution is 5.28. The first-order chi connectivity index (χ1) is 7.86. The zero-order valence-electron chi connectivity index (χ0n) is 10.2. The van der Waals surface area contributed by atoms with Gasteiger partial charge in [-0.2, -0.15) is 0 Å². The Hall–Kier alpha value is -1.06. The van der Waals surface area contributed by atoms with Crippen molar-refractivity contribution in [1.82, 2.24) is 5.32 Å². The normalized spacial score (nSPS) is 10.4. The third-order valence-electron chi connectivity index (χ3n) is 2.29. The molecule has 0 spiro atoms. The minimum Gasteiger partial charge on any atom is -0.494 e. The maximum atomic E-state index is 5.66. The summed E-state index contributed by atoms with van der Waals surface area (Å²) < 4.78 is 10.6. The first kappa shape index (κ1) is 13.0. The Kier molecular flexibility index (Phi) is 6.61. The summed E-state index contributed by atoms with van der Waals surface area (Å²) in [7, 11) is 3.67. The molecular formula is C13H21NO2. The van der Waals surface area contributed by atoms with Crippen molar-refractivity contribution >= 4 is 0 Å². The molecule has 0 aliphatic heterocycles. The summed E-state index contributed by atoms with van der Waals surface area (Å²) in [6.45, 7) is 2.44. The average molecular weight is 223 g/mol. The van der Waals surface area contributed by atoms with Crippen molar-refractivity contribution in [2.75, 3.05) is 27.4 Å². The number of methoxy groups -OCH3 is 1. The van der Waals surface area contributed by atoms with Crippen LogP contribution < -0.4 is 10.1 Å². The molecular weight excluding hydrogens is 202 g/mol. The fraction of sp³-hybridized carbons (Fsp3) is 0.538. The van der Waals surface area contributed by atoms with Gasteiger partial charge in [-0.15, -0.1) is 0 Å². The van der Waals surface area contributed by atoms with E-state index in [0.29, 0.717) is 0 Å². The fourth-order valence-electron chi connectivity index (χ4n) is 1.49. The van der Waals surface area contributed by atoms with Crippen LogP contribution in [0.1, 0.15) is 18.4 Å². The maximum absolute atomic E-state index is 5.66. The number of benzene rings is 1. The monoisotopic (exact) mass is 223 g/mol. The third kappa shape index (κ3) is 5.14. The van der Waals surface area contributed by atoms with Crippen LogP contribution >= 0.6 is 0 Å². The molecule has 0 bridgehead atoms. The summed E-state index contributed by atoms with van der Waals surface area (Å²) in [5.74, 6) is 0.949. The van der Waals surface area contributed by atoms with E-state index in [1.54, 1.807) is 7.11 Å². The summed E-state index contributed by atoms with van der Waals surface area (Å²) in [6, 6.07) is 8.19. The summed E-state index contributed by atoms with van der Waals surface area (Å²) in [4.78, 5) is 0. The Labute approximate surface area is 97.8 Å². The summed E-state index contributed by atoms with van der Waals surface area (Å²) in [6.07, 6.45) is 2.08. The average Bonchev–Trinajstić information content (AvgIpc) is 2.30. The van der Waals surface area contributed by atoms with Crippen LogP contribution in [-0.4, -0.2) is 27.4 Å². The van der Waals surface area contributed by atoms with Gasteiger partial charge >= 0.3 is 0 Å². The van der Waals surface area contributed by atoms with Crippen LogP contribution in [0.3, 0.4) is 0 Å². The van der Waals surface area contributed by atoms with Gasteiger partial charge in [0.15, 0.2) is 0 Å². The molecule has 0 fully saturated rings. The van der Waals surface area contributed by atoms with Gasteiger partial charge in [0.25, 0.3) is 0 Å². The fourth-order valence-corrected chi connectivity index (χ4v) is 1.49. The lowest BCUT2D eigenvalue weighted by Gasteiger charge is -2.07. The smallest absolute Gasteiger partial charge is 0.119 e. The van der Waals surface area contributed by atoms with Gasteiger partial charge in [0.2, 0.25) is 0 Å². The summed E-state index contributed by atoms with van der Waals surface area (Å²) in [5.41, 5.74) is 1.25. The van der Waals surface area contributed by atoms with Gasteiger partial charge in [-0.05, 0) is 37.6 Å². The van der Waals surface area contributed by atoms with Crippen molar-refractivity contribution < 1.29 is 9.47 Å². The van der Waals surface area contributed by atoms with E-state index in [1.165, 1.54) is 5.56 Å². The predicted octanol–water partition coefficient (Wildman–Crippen LogP) is 2.21. The molecule has 0 atom stereocenters. The minimum atomic E-state index is 0.756. The second-order valence-electron chi connectivity index (χ2n) is 3.73. The molecule has 0 saturated heterocycles. The molecule has 0 unspecified atom stereocenters. The van der Waals surface area contributed by atoms with Gasteiger partial charge in [0.05, 0.1) is 6.61 Å². The molecule has 90 valence electrons. The molecule has 0 aliphatic rings. The van der Waals surface area contributed by atoms with Crippen LogP contribution in [0.2, 0.25) is 0 Å². The van der Waals surface area contributed by atoms with E-state index in [9.17, 15) is 0 Å². The van der Waals surface area contributed by atoms with Gasteiger partial charge in [-0.25, -0.2) is 0 Å². The molecule has 3 nitrogen and oxygen atoms in total. The van der Waals surface area contributed by atoms with Crippen LogP contribution in [0, 0.1) is 0 Å². The van der Waals surface area contributed by atoms with Crippen molar-refractivity contribution in [3.05, 3.63) is 29.8 Å². The van der Waals surface area contributed by atoms with E-state index in [2.05, 4.69) is 17.4 Å². The number of rotatable bonds is 8. The van der Waals surface area contributed by atoms with E-state index >= 15 is 0 Å². The second kappa shape index (κ2) is 8.13. The SMILES string of the molecule is CNCc1cccc(OCCCCOC)c1. The van der Waals surface area contributed by atoms with Crippen LogP contribution in [-0.2, 0) is 11.3 Å². The first-order valence-electron chi connectivity index (χ1n) is 5.72. The molecule has 1 N–H and O–H groups in total. The molecule has 1 aromatic rings. The Balaban J connectivity index is 2.27. The number of nitrogens with one attached hydrogen (secondary N) is 1. The molecule has 0 radical (unpaired) electrons. The van der Waals surface area contributed by atoms with E-state index in [0.717, 1.165) is 38.3 Å². The molecule has 0 saturated carbocycles. The van der Waals surface area contributed by atoms with Gasteiger partial charge in [0.1, 0.15) is 5.75 Å². The predicted molar refractivity (Wildman–Crippen MR) is 65.8 cm³/mol. The largest absolute Gasteiger partial charge is 0.494 e. The maximum Gasteiger partial charge on any atom is 0.119 e. The Morgan fingerprint density at radius 1 is 1.19 bits per heavy atom. The van der Waals surface area contributed by atoms with Crippen molar-refractivity contribution in [2.24, 2.45) is 0 Å². The minimum absolute atomic E-state index is 0.756. The molecule has 0 aromatic heterocycles. The van der Waals surface area contributed by atoms with Crippen molar-refractivity contribution in [3.63, 3.8) is 0 Å². The van der Waals surface area contributed by atoms with Crippen LogP contribution in [0.15, 0.2) is 24.3 Å². The summed E-state index contributed by atoms with van der Waals surface area (Å²) >= 11 is 0. The molecule has 0 aliphatic carbocycles. The number of unbranched alkanes of at least 4 members (excludes halogenated alkanes) is 1. The number of ether oxygens (including phenoxy) is 2. The molecule has 0 heterocycles. The van der Waals surface area contributed by atoms with Crippen molar-refractivity contribution in [3.8, 4) is 5.75 Å². The van der Waals surface area contributed by atoms with Crippen molar-refractivity contribution in [2.45, 2.75) is 19.4 Å². The van der Waals surface area contributed by atoms with E-state index in [4.69, 9.17) is 9.47 Å². The topological polar surface area (TPSA) is 30.5 Å². The van der Waals surface area contributed by atoms with E-state index < -0.39 is 0 Å². The second-order valence-corrected chi connectivity index (χ2v) is 3.73. The van der Waals surface area contributed by atoms with Gasteiger partial charge in [-0.1, -0.05) is 12.1 Å². The molecule has 3 heteroatoms. The quantitative estimate of drug-likeness (QED) is 0.685. The molecule has 1 aromatic carbocycles. The van der Waals surface area contributed by atoms with Crippen LogP contribution in [0.5, 0.6) is 5.75 Å². The lowest BCUT2D eigenvalue weighted by molar-refractivity contribution is 0.184. The Bertz CT molecular complexity index is 289. The zero-order valence-corrected chi connectivity index (χ0v) is 10.2. The lowest BCUT2D eigenvalue weighted by Crippen LogP contribution is -2.05. The highest BCUT2D eigenvalue weighted by Crippen LogP contribution is 2.13. The number of hydrogen-bond donors (Lipinski definition) is 1. The highest BCUT2D eigenvalue weighted by Gasteiger charge is 1.96. The standard InChI is InChI=1S/C13H21NO2/c1-14-11-12-6-5-7-13(10-12)16-9-4-3-8-15-2/h5-7,10,14H,3-4,8-9,11H2,1-2H3. The van der Waals surface area contributed by atoms with Crippen LogP contribution in [0.4, 0.5) is 0 Å². The Morgan fingerprint density at radius 2 is 2.00 bits per heavy atom. The highest BCUT2D eigenvalue weighted by atomic mass is 16.5. The number of hydrogen-bond acceptors (Lipinski definition) is 3. The van der Waals surface area contributed by atoms with E-state index in [1.807, 2.05) is 19.2 Å². The third-order valence-corrected chi connectivity index (χ3v) is 2.29. The zero-order chi connectivity index (χ0) is 11.6. The van der Waals surface area contributed by atoms with E-state index in [-0.39, 0.29) is 0 Å². The van der Waals surface area contributed by atoms with Gasteiger partial charge in [-0.3, -0.25) is 0 Å². The van der Waals surface area contributed by atoms with Gasteiger partial charge in [0, 0.05) is 20.3 Å². The Morgan fingerprint density at radius 3 is 2.75 bits per heavy atom. The lowest BCUT2D eigenvalue weighted by atomic mass is 10.2. The van der Waals surface area contributed by atoms with Crippen LogP contribution in [0.25, 0.3) is 0 Å². The van der Waals surface area contributed by atoms with Crippen molar-refractivity contribution in [1.29, 1.82) is 0 Å².